The minimum atomic E-state index is -0.208. The third-order valence-electron chi connectivity index (χ3n) is 5.73. The molecule has 1 aliphatic heterocycles. The molecule has 0 saturated carbocycles. The number of hydrogen-bond donors (Lipinski definition) is 0. The van der Waals surface area contributed by atoms with Crippen LogP contribution >= 0.6 is 0 Å². The number of pyridine rings is 2. The van der Waals surface area contributed by atoms with Gasteiger partial charge in [0, 0.05) is 44.3 Å². The van der Waals surface area contributed by atoms with Gasteiger partial charge in [0.2, 0.25) is 5.91 Å². The molecule has 1 aromatic carbocycles. The summed E-state index contributed by atoms with van der Waals surface area (Å²) in [7, 11) is 0. The maximum Gasteiger partial charge on any atom is 0.240 e. The molecule has 3 heterocycles. The van der Waals surface area contributed by atoms with Gasteiger partial charge in [-0.05, 0) is 48.2 Å². The standard InChI is InChI=1S/C26H28N4O/c1-3-14-29-15-16-30(19-24-8-4-6-20(2)28-24)25(26(29)31)17-21-9-11-22(12-10-21)23-7-5-13-27-18-23/h3-13,18,25H,1,14-17,19H2,2H3/t25-/m1/s1. The van der Waals surface area contributed by atoms with Gasteiger partial charge in [-0.1, -0.05) is 42.5 Å². The fourth-order valence-electron chi connectivity index (χ4n) is 4.11. The van der Waals surface area contributed by atoms with Gasteiger partial charge < -0.3 is 4.90 Å². The molecule has 158 valence electrons. The Labute approximate surface area is 184 Å². The molecule has 4 rings (SSSR count). The van der Waals surface area contributed by atoms with Crippen molar-refractivity contribution in [2.45, 2.75) is 25.9 Å². The summed E-state index contributed by atoms with van der Waals surface area (Å²) in [5.74, 6) is 0.162. The molecular formula is C26H28N4O. The van der Waals surface area contributed by atoms with Crippen molar-refractivity contribution >= 4 is 5.91 Å². The van der Waals surface area contributed by atoms with Crippen LogP contribution in [0.2, 0.25) is 0 Å². The molecule has 1 saturated heterocycles. The van der Waals surface area contributed by atoms with Crippen LogP contribution in [0, 0.1) is 6.92 Å². The molecule has 2 aromatic heterocycles. The Kier molecular flexibility index (Phi) is 6.53. The summed E-state index contributed by atoms with van der Waals surface area (Å²) in [4.78, 5) is 26.3. The van der Waals surface area contributed by atoms with Crippen molar-refractivity contribution < 1.29 is 4.79 Å². The smallest absolute Gasteiger partial charge is 0.240 e. The predicted octanol–water partition coefficient (Wildman–Crippen LogP) is 3.89. The Bertz CT molecular complexity index is 1030. The van der Waals surface area contributed by atoms with Gasteiger partial charge in [0.1, 0.15) is 0 Å². The summed E-state index contributed by atoms with van der Waals surface area (Å²) < 4.78 is 0. The Balaban J connectivity index is 1.54. The van der Waals surface area contributed by atoms with Crippen LogP contribution in [0.5, 0.6) is 0 Å². The first-order valence-electron chi connectivity index (χ1n) is 10.7. The highest BCUT2D eigenvalue weighted by atomic mass is 16.2. The van der Waals surface area contributed by atoms with E-state index in [0.29, 0.717) is 26.1 Å². The largest absolute Gasteiger partial charge is 0.336 e. The number of nitrogens with zero attached hydrogens (tertiary/aromatic N) is 4. The first-order valence-corrected chi connectivity index (χ1v) is 10.7. The number of carbonyl (C=O) groups excluding carboxylic acids is 1. The topological polar surface area (TPSA) is 49.3 Å². The monoisotopic (exact) mass is 412 g/mol. The van der Waals surface area contributed by atoms with Crippen LogP contribution in [0.1, 0.15) is 17.0 Å². The molecule has 0 spiro atoms. The molecule has 1 aliphatic rings. The highest BCUT2D eigenvalue weighted by Crippen LogP contribution is 2.22. The number of benzene rings is 1. The van der Waals surface area contributed by atoms with Gasteiger partial charge >= 0.3 is 0 Å². The summed E-state index contributed by atoms with van der Waals surface area (Å²) in [5.41, 5.74) is 5.36. The quantitative estimate of drug-likeness (QED) is 0.553. The molecule has 0 aliphatic carbocycles. The second-order valence-electron chi connectivity index (χ2n) is 7.97. The Morgan fingerprint density at radius 1 is 1.06 bits per heavy atom. The minimum Gasteiger partial charge on any atom is -0.336 e. The fourth-order valence-corrected chi connectivity index (χ4v) is 4.11. The molecule has 3 aromatic rings. The van der Waals surface area contributed by atoms with Crippen LogP contribution in [-0.2, 0) is 17.8 Å². The van der Waals surface area contributed by atoms with Crippen molar-refractivity contribution in [3.05, 3.63) is 96.6 Å². The van der Waals surface area contributed by atoms with E-state index in [1.165, 1.54) is 0 Å². The molecule has 0 radical (unpaired) electrons. The van der Waals surface area contributed by atoms with Crippen molar-refractivity contribution in [1.29, 1.82) is 0 Å². The van der Waals surface area contributed by atoms with Gasteiger partial charge in [0.25, 0.3) is 0 Å². The van der Waals surface area contributed by atoms with E-state index in [0.717, 1.165) is 34.6 Å². The number of piperazine rings is 1. The van der Waals surface area contributed by atoms with E-state index in [9.17, 15) is 4.79 Å². The lowest BCUT2D eigenvalue weighted by Gasteiger charge is -2.40. The molecule has 1 fully saturated rings. The van der Waals surface area contributed by atoms with E-state index < -0.39 is 0 Å². The Hall–Kier alpha value is -3.31. The first kappa shape index (κ1) is 20.9. The molecule has 5 heteroatoms. The average Bonchev–Trinajstić information content (AvgIpc) is 2.79. The highest BCUT2D eigenvalue weighted by Gasteiger charge is 2.34. The maximum atomic E-state index is 13.3. The van der Waals surface area contributed by atoms with E-state index in [1.54, 1.807) is 12.3 Å². The minimum absolute atomic E-state index is 0.162. The summed E-state index contributed by atoms with van der Waals surface area (Å²) in [6.07, 6.45) is 6.11. The number of aromatic nitrogens is 2. The van der Waals surface area contributed by atoms with Gasteiger partial charge in [-0.25, -0.2) is 0 Å². The second kappa shape index (κ2) is 9.67. The van der Waals surface area contributed by atoms with E-state index in [1.807, 2.05) is 42.3 Å². The van der Waals surface area contributed by atoms with Crippen molar-refractivity contribution in [1.82, 2.24) is 19.8 Å². The zero-order valence-electron chi connectivity index (χ0n) is 17.9. The molecule has 1 atom stereocenters. The summed E-state index contributed by atoms with van der Waals surface area (Å²) in [6.45, 7) is 8.61. The molecule has 0 unspecified atom stereocenters. The van der Waals surface area contributed by atoms with Crippen molar-refractivity contribution in [3.63, 3.8) is 0 Å². The Morgan fingerprint density at radius 3 is 2.61 bits per heavy atom. The second-order valence-corrected chi connectivity index (χ2v) is 7.97. The summed E-state index contributed by atoms with van der Waals surface area (Å²) >= 11 is 0. The first-order chi connectivity index (χ1) is 15.1. The third kappa shape index (κ3) is 5.06. The van der Waals surface area contributed by atoms with Crippen LogP contribution in [0.15, 0.2) is 79.6 Å². The van der Waals surface area contributed by atoms with Crippen LogP contribution in [0.3, 0.4) is 0 Å². The van der Waals surface area contributed by atoms with Crippen LogP contribution < -0.4 is 0 Å². The van der Waals surface area contributed by atoms with E-state index in [4.69, 9.17) is 0 Å². The van der Waals surface area contributed by atoms with Gasteiger partial charge in [0.05, 0.1) is 11.7 Å². The summed E-state index contributed by atoms with van der Waals surface area (Å²) in [6, 6.07) is 18.3. The van der Waals surface area contributed by atoms with E-state index in [-0.39, 0.29) is 11.9 Å². The number of hydrogen-bond acceptors (Lipinski definition) is 4. The van der Waals surface area contributed by atoms with Gasteiger partial charge in [-0.15, -0.1) is 6.58 Å². The van der Waals surface area contributed by atoms with Gasteiger partial charge in [-0.3, -0.25) is 19.7 Å². The lowest BCUT2D eigenvalue weighted by molar-refractivity contribution is -0.141. The van der Waals surface area contributed by atoms with Gasteiger partial charge in [0.15, 0.2) is 0 Å². The number of aryl methyl sites for hydroxylation is 1. The van der Waals surface area contributed by atoms with Gasteiger partial charge in [-0.2, -0.15) is 0 Å². The SMILES string of the molecule is C=CCN1CCN(Cc2cccc(C)n2)[C@H](Cc2ccc(-c3cccnc3)cc2)C1=O. The van der Waals surface area contributed by atoms with Crippen LogP contribution in [0.25, 0.3) is 11.1 Å². The van der Waals surface area contributed by atoms with Crippen LogP contribution in [0.4, 0.5) is 0 Å². The highest BCUT2D eigenvalue weighted by molar-refractivity contribution is 5.83. The fraction of sp³-hybridized carbons (Fsp3) is 0.269. The lowest BCUT2D eigenvalue weighted by Crippen LogP contribution is -2.57. The molecule has 5 nitrogen and oxygen atoms in total. The number of amides is 1. The third-order valence-corrected chi connectivity index (χ3v) is 5.73. The molecule has 0 bridgehead atoms. The Morgan fingerprint density at radius 2 is 1.90 bits per heavy atom. The zero-order chi connectivity index (χ0) is 21.6. The van der Waals surface area contributed by atoms with E-state index >= 15 is 0 Å². The van der Waals surface area contributed by atoms with Crippen molar-refractivity contribution in [2.75, 3.05) is 19.6 Å². The van der Waals surface area contributed by atoms with Crippen molar-refractivity contribution in [2.24, 2.45) is 0 Å². The molecule has 1 amide bonds. The van der Waals surface area contributed by atoms with Crippen LogP contribution in [-0.4, -0.2) is 51.4 Å². The predicted molar refractivity (Wildman–Crippen MR) is 123 cm³/mol. The average molecular weight is 413 g/mol. The summed E-state index contributed by atoms with van der Waals surface area (Å²) in [5, 5.41) is 0. The zero-order valence-corrected chi connectivity index (χ0v) is 17.9. The molecule has 31 heavy (non-hydrogen) atoms. The number of rotatable bonds is 7. The number of carbonyl (C=O) groups is 1. The normalized spacial score (nSPS) is 17.0. The lowest BCUT2D eigenvalue weighted by atomic mass is 9.98. The maximum absolute atomic E-state index is 13.3. The van der Waals surface area contributed by atoms with E-state index in [2.05, 4.69) is 51.8 Å². The van der Waals surface area contributed by atoms with Crippen molar-refractivity contribution in [3.8, 4) is 11.1 Å². The molecular weight excluding hydrogens is 384 g/mol. The molecule has 0 N–H and O–H groups in total.